The molecule has 19 heavy (non-hydrogen) atoms. The molecule has 2 N–H and O–H groups in total. The van der Waals surface area contributed by atoms with Crippen LogP contribution in [0.5, 0.6) is 0 Å². The van der Waals surface area contributed by atoms with Gasteiger partial charge in [0.2, 0.25) is 0 Å². The van der Waals surface area contributed by atoms with Crippen molar-refractivity contribution in [2.75, 3.05) is 40.0 Å². The highest BCUT2D eigenvalue weighted by Gasteiger charge is 2.03. The van der Waals surface area contributed by atoms with Gasteiger partial charge in [0.25, 0.3) is 0 Å². The normalized spacial score (nSPS) is 12.7. The first-order valence-corrected chi connectivity index (χ1v) is 6.86. The van der Waals surface area contributed by atoms with Gasteiger partial charge < -0.3 is 20.1 Å². The summed E-state index contributed by atoms with van der Waals surface area (Å²) in [6.45, 7) is 9.97. The Hall–Kier alpha value is -0.0800. The molecule has 5 nitrogen and oxygen atoms in total. The van der Waals surface area contributed by atoms with Crippen LogP contribution < -0.4 is 10.6 Å². The fraction of sp³-hybridized carbons (Fsp3) is 0.923. The Morgan fingerprint density at radius 1 is 1.26 bits per heavy atom. The first kappa shape index (κ1) is 21.2. The zero-order valence-electron chi connectivity index (χ0n) is 12.7. The van der Waals surface area contributed by atoms with Gasteiger partial charge in [-0.15, -0.1) is 24.0 Å². The zero-order chi connectivity index (χ0) is 13.6. The first-order valence-electron chi connectivity index (χ1n) is 6.86. The Balaban J connectivity index is 0. The minimum Gasteiger partial charge on any atom is -0.383 e. The Bertz CT molecular complexity index is 216. The monoisotopic (exact) mass is 387 g/mol. The third kappa shape index (κ3) is 14.1. The number of halogens is 1. The van der Waals surface area contributed by atoms with Gasteiger partial charge in [0, 0.05) is 26.3 Å². The van der Waals surface area contributed by atoms with Crippen LogP contribution in [-0.4, -0.2) is 52.0 Å². The quantitative estimate of drug-likeness (QED) is 0.261. The predicted octanol–water partition coefficient (Wildman–Crippen LogP) is 2.01. The molecule has 116 valence electrons. The lowest BCUT2D eigenvalue weighted by Gasteiger charge is -2.16. The minimum absolute atomic E-state index is 0. The van der Waals surface area contributed by atoms with E-state index in [1.807, 2.05) is 0 Å². The minimum atomic E-state index is 0. The van der Waals surface area contributed by atoms with Crippen LogP contribution in [0.1, 0.15) is 33.6 Å². The van der Waals surface area contributed by atoms with E-state index in [0.717, 1.165) is 25.5 Å². The largest absolute Gasteiger partial charge is 0.383 e. The highest BCUT2D eigenvalue weighted by molar-refractivity contribution is 14.0. The summed E-state index contributed by atoms with van der Waals surface area (Å²) < 4.78 is 10.6. The Morgan fingerprint density at radius 3 is 2.58 bits per heavy atom. The van der Waals surface area contributed by atoms with Crippen LogP contribution >= 0.6 is 24.0 Å². The Labute approximate surface area is 134 Å². The summed E-state index contributed by atoms with van der Waals surface area (Å²) in [4.78, 5) is 4.45. The molecule has 0 fully saturated rings. The van der Waals surface area contributed by atoms with Gasteiger partial charge in [-0.05, 0) is 20.3 Å². The Morgan fingerprint density at radius 2 is 2.00 bits per heavy atom. The molecule has 1 atom stereocenters. The average Bonchev–Trinajstić information content (AvgIpc) is 2.34. The zero-order valence-corrected chi connectivity index (χ0v) is 15.0. The molecular formula is C13H30IN3O2. The van der Waals surface area contributed by atoms with Crippen molar-refractivity contribution >= 4 is 29.9 Å². The molecule has 0 heterocycles. The highest BCUT2D eigenvalue weighted by atomic mass is 127. The molecule has 6 heteroatoms. The lowest BCUT2D eigenvalue weighted by atomic mass is 10.4. The van der Waals surface area contributed by atoms with E-state index in [1.165, 1.54) is 6.42 Å². The topological polar surface area (TPSA) is 54.9 Å². The maximum atomic E-state index is 5.47. The second-order valence-electron chi connectivity index (χ2n) is 4.23. The molecule has 0 spiro atoms. The number of hydrogen-bond donors (Lipinski definition) is 2. The number of rotatable bonds is 10. The van der Waals surface area contributed by atoms with Crippen molar-refractivity contribution in [3.63, 3.8) is 0 Å². The second kappa shape index (κ2) is 16.0. The van der Waals surface area contributed by atoms with Gasteiger partial charge in [0.1, 0.15) is 0 Å². The van der Waals surface area contributed by atoms with Gasteiger partial charge in [-0.3, -0.25) is 4.99 Å². The average molecular weight is 387 g/mol. The molecule has 0 aliphatic carbocycles. The molecule has 0 rings (SSSR count). The van der Waals surface area contributed by atoms with Crippen LogP contribution in [-0.2, 0) is 9.47 Å². The molecule has 0 aromatic carbocycles. The highest BCUT2D eigenvalue weighted by Crippen LogP contribution is 1.88. The standard InChI is InChI=1S/C13H29N3O2.HI/c1-5-7-9-18-10-8-15-13(14-6-2)16-12(3)11-17-4;/h12H,5-11H2,1-4H3,(H2,14,15,16);1H. The molecule has 1 unspecified atom stereocenters. The van der Waals surface area contributed by atoms with Crippen molar-refractivity contribution in [3.8, 4) is 0 Å². The van der Waals surface area contributed by atoms with Crippen LogP contribution in [0.3, 0.4) is 0 Å². The second-order valence-corrected chi connectivity index (χ2v) is 4.23. The number of hydrogen-bond acceptors (Lipinski definition) is 3. The summed E-state index contributed by atoms with van der Waals surface area (Å²) >= 11 is 0. The van der Waals surface area contributed by atoms with Gasteiger partial charge in [0.05, 0.1) is 19.8 Å². The van der Waals surface area contributed by atoms with Crippen LogP contribution in [0.15, 0.2) is 4.99 Å². The smallest absolute Gasteiger partial charge is 0.191 e. The van der Waals surface area contributed by atoms with E-state index < -0.39 is 0 Å². The van der Waals surface area contributed by atoms with E-state index in [0.29, 0.717) is 19.8 Å². The summed E-state index contributed by atoms with van der Waals surface area (Å²) in [6, 6.07) is 0.244. The van der Waals surface area contributed by atoms with E-state index in [4.69, 9.17) is 9.47 Å². The predicted molar refractivity (Wildman–Crippen MR) is 91.6 cm³/mol. The third-order valence-corrected chi connectivity index (χ3v) is 2.29. The van der Waals surface area contributed by atoms with E-state index in [-0.39, 0.29) is 30.0 Å². The van der Waals surface area contributed by atoms with E-state index in [9.17, 15) is 0 Å². The molecule has 0 aromatic rings. The lowest BCUT2D eigenvalue weighted by Crippen LogP contribution is -2.44. The number of ether oxygens (including phenoxy) is 2. The summed E-state index contributed by atoms with van der Waals surface area (Å²) in [7, 11) is 1.70. The van der Waals surface area contributed by atoms with Gasteiger partial charge in [-0.25, -0.2) is 0 Å². The lowest BCUT2D eigenvalue weighted by molar-refractivity contribution is 0.138. The van der Waals surface area contributed by atoms with Crippen LogP contribution in [0.4, 0.5) is 0 Å². The molecule has 0 saturated heterocycles. The molecular weight excluding hydrogens is 357 g/mol. The molecule has 0 radical (unpaired) electrons. The molecule has 0 saturated carbocycles. The molecule has 0 aromatic heterocycles. The number of nitrogens with one attached hydrogen (secondary N) is 2. The van der Waals surface area contributed by atoms with Crippen LogP contribution in [0, 0.1) is 0 Å². The maximum absolute atomic E-state index is 5.47. The third-order valence-electron chi connectivity index (χ3n) is 2.29. The number of aliphatic imine (C=N–C) groups is 1. The van der Waals surface area contributed by atoms with Gasteiger partial charge in [-0.1, -0.05) is 13.3 Å². The molecule has 0 aliphatic rings. The Kier molecular flexibility index (Phi) is 17.8. The van der Waals surface area contributed by atoms with Crippen molar-refractivity contribution in [1.29, 1.82) is 0 Å². The summed E-state index contributed by atoms with van der Waals surface area (Å²) in [5.41, 5.74) is 0. The van der Waals surface area contributed by atoms with Crippen molar-refractivity contribution in [1.82, 2.24) is 10.6 Å². The fourth-order valence-corrected chi connectivity index (χ4v) is 1.42. The first-order chi connectivity index (χ1) is 8.74. The van der Waals surface area contributed by atoms with Crippen LogP contribution in [0.2, 0.25) is 0 Å². The van der Waals surface area contributed by atoms with E-state index in [1.54, 1.807) is 7.11 Å². The molecule has 0 bridgehead atoms. The summed E-state index contributed by atoms with van der Waals surface area (Å²) in [5.74, 6) is 0.821. The van der Waals surface area contributed by atoms with Crippen molar-refractivity contribution in [2.24, 2.45) is 4.99 Å². The summed E-state index contributed by atoms with van der Waals surface area (Å²) in [6.07, 6.45) is 2.29. The molecule has 0 aliphatic heterocycles. The number of methoxy groups -OCH3 is 1. The van der Waals surface area contributed by atoms with Gasteiger partial charge in [0.15, 0.2) is 5.96 Å². The van der Waals surface area contributed by atoms with Crippen molar-refractivity contribution in [3.05, 3.63) is 0 Å². The summed E-state index contributed by atoms with van der Waals surface area (Å²) in [5, 5.41) is 6.48. The number of nitrogens with zero attached hydrogens (tertiary/aromatic N) is 1. The number of guanidine groups is 1. The van der Waals surface area contributed by atoms with Gasteiger partial charge >= 0.3 is 0 Å². The van der Waals surface area contributed by atoms with Gasteiger partial charge in [-0.2, -0.15) is 0 Å². The number of unbranched alkanes of at least 4 members (excludes halogenated alkanes) is 1. The van der Waals surface area contributed by atoms with E-state index in [2.05, 4.69) is 36.4 Å². The van der Waals surface area contributed by atoms with Crippen LogP contribution in [0.25, 0.3) is 0 Å². The van der Waals surface area contributed by atoms with Crippen molar-refractivity contribution < 1.29 is 9.47 Å². The SMILES string of the molecule is CCCCOCCN=C(NCC)NC(C)COC.I. The maximum Gasteiger partial charge on any atom is 0.191 e. The van der Waals surface area contributed by atoms with Crippen molar-refractivity contribution in [2.45, 2.75) is 39.7 Å². The van der Waals surface area contributed by atoms with E-state index >= 15 is 0 Å². The molecule has 0 amide bonds. The fourth-order valence-electron chi connectivity index (χ4n) is 1.42.